The molecule has 1 aromatic carbocycles. The molecule has 0 spiro atoms. The third-order valence-corrected chi connectivity index (χ3v) is 3.09. The molecule has 0 N–H and O–H groups in total. The van der Waals surface area contributed by atoms with Gasteiger partial charge in [0.05, 0.1) is 18.5 Å². The van der Waals surface area contributed by atoms with Gasteiger partial charge in [0.15, 0.2) is 0 Å². The molecule has 5 nitrogen and oxygen atoms in total. The van der Waals surface area contributed by atoms with Crippen molar-refractivity contribution in [3.8, 4) is 0 Å². The van der Waals surface area contributed by atoms with E-state index in [1.807, 2.05) is 0 Å². The van der Waals surface area contributed by atoms with E-state index < -0.39 is 10.9 Å². The molecule has 0 aromatic heterocycles. The van der Waals surface area contributed by atoms with Crippen molar-refractivity contribution < 1.29 is 14.5 Å². The average molecular weight is 309 g/mol. The predicted octanol–water partition coefficient (Wildman–Crippen LogP) is 2.73. The molecule has 0 unspecified atom stereocenters. The van der Waals surface area contributed by atoms with E-state index >= 15 is 0 Å². The van der Waals surface area contributed by atoms with Gasteiger partial charge < -0.3 is 4.74 Å². The number of rotatable bonds is 3. The molecule has 0 fully saturated rings. The molecule has 0 bridgehead atoms. The summed E-state index contributed by atoms with van der Waals surface area (Å²) >= 11 is 8.81. The van der Waals surface area contributed by atoms with Gasteiger partial charge in [-0.15, -0.1) is 0 Å². The molecule has 0 saturated heterocycles. The Hall–Kier alpha value is -1.14. The van der Waals surface area contributed by atoms with E-state index in [-0.39, 0.29) is 17.1 Å². The third kappa shape index (κ3) is 2.93. The standard InChI is InChI=1S/C9H7BrClNO4/c1-16-8(13)4-5-2-6(10)9(11)7(3-5)12(14)15/h2-3H,4H2,1H3. The SMILES string of the molecule is COC(=O)Cc1cc(Br)c(Cl)c([N+](=O)[O-])c1. The van der Waals surface area contributed by atoms with Crippen molar-refractivity contribution in [2.24, 2.45) is 0 Å². The van der Waals surface area contributed by atoms with Gasteiger partial charge in [0.1, 0.15) is 5.02 Å². The summed E-state index contributed by atoms with van der Waals surface area (Å²) in [5.41, 5.74) is 0.227. The zero-order valence-electron chi connectivity index (χ0n) is 8.20. The van der Waals surface area contributed by atoms with Gasteiger partial charge in [-0.1, -0.05) is 11.6 Å². The van der Waals surface area contributed by atoms with Crippen molar-refractivity contribution in [1.29, 1.82) is 0 Å². The predicted molar refractivity (Wildman–Crippen MR) is 61.5 cm³/mol. The first kappa shape index (κ1) is 12.9. The summed E-state index contributed by atoms with van der Waals surface area (Å²) in [6.07, 6.45) is -0.0346. The van der Waals surface area contributed by atoms with Crippen LogP contribution in [0.3, 0.4) is 0 Å². The second-order valence-corrected chi connectivity index (χ2v) is 4.15. The highest BCUT2D eigenvalue weighted by molar-refractivity contribution is 9.10. The van der Waals surface area contributed by atoms with Crippen LogP contribution in [0, 0.1) is 10.1 Å². The van der Waals surface area contributed by atoms with Gasteiger partial charge in [0, 0.05) is 10.5 Å². The minimum Gasteiger partial charge on any atom is -0.469 e. The van der Waals surface area contributed by atoms with Crippen molar-refractivity contribution >= 4 is 39.2 Å². The zero-order chi connectivity index (χ0) is 12.3. The van der Waals surface area contributed by atoms with E-state index in [4.69, 9.17) is 11.6 Å². The maximum atomic E-state index is 11.0. The Balaban J connectivity index is 3.14. The van der Waals surface area contributed by atoms with E-state index in [0.29, 0.717) is 10.0 Å². The van der Waals surface area contributed by atoms with Gasteiger partial charge in [-0.05, 0) is 27.6 Å². The molecule has 0 aliphatic carbocycles. The van der Waals surface area contributed by atoms with Crippen molar-refractivity contribution in [3.05, 3.63) is 37.3 Å². The summed E-state index contributed by atoms with van der Waals surface area (Å²) in [6, 6.07) is 2.80. The Morgan fingerprint density at radius 2 is 2.25 bits per heavy atom. The van der Waals surface area contributed by atoms with Gasteiger partial charge in [0.25, 0.3) is 5.69 Å². The Bertz CT molecular complexity index is 449. The van der Waals surface area contributed by atoms with Crippen molar-refractivity contribution in [1.82, 2.24) is 0 Å². The number of benzene rings is 1. The number of hydrogen-bond acceptors (Lipinski definition) is 4. The topological polar surface area (TPSA) is 69.4 Å². The second kappa shape index (κ2) is 5.27. The van der Waals surface area contributed by atoms with Crippen LogP contribution in [0.2, 0.25) is 5.02 Å². The summed E-state index contributed by atoms with van der Waals surface area (Å²) in [5, 5.41) is 10.7. The lowest BCUT2D eigenvalue weighted by Crippen LogP contribution is -2.05. The van der Waals surface area contributed by atoms with Crippen LogP contribution in [0.1, 0.15) is 5.56 Å². The molecule has 0 saturated carbocycles. The lowest BCUT2D eigenvalue weighted by Gasteiger charge is -2.03. The van der Waals surface area contributed by atoms with E-state index in [0.717, 1.165) is 0 Å². The lowest BCUT2D eigenvalue weighted by atomic mass is 10.1. The first-order valence-corrected chi connectivity index (χ1v) is 5.32. The number of ether oxygens (including phenoxy) is 1. The Morgan fingerprint density at radius 3 is 2.75 bits per heavy atom. The van der Waals surface area contributed by atoms with Gasteiger partial charge in [-0.3, -0.25) is 14.9 Å². The molecule has 0 aliphatic heterocycles. The summed E-state index contributed by atoms with van der Waals surface area (Å²) in [4.78, 5) is 21.1. The van der Waals surface area contributed by atoms with Crippen LogP contribution in [0.25, 0.3) is 0 Å². The number of hydrogen-bond donors (Lipinski definition) is 0. The molecule has 0 radical (unpaired) electrons. The average Bonchev–Trinajstić information content (AvgIpc) is 2.22. The third-order valence-electron chi connectivity index (χ3n) is 1.84. The maximum Gasteiger partial charge on any atom is 0.309 e. The Labute approximate surface area is 105 Å². The minimum atomic E-state index is -0.603. The number of carbonyl (C=O) groups is 1. The fourth-order valence-electron chi connectivity index (χ4n) is 1.10. The fraction of sp³-hybridized carbons (Fsp3) is 0.222. The normalized spacial score (nSPS) is 9.94. The molecule has 0 heterocycles. The van der Waals surface area contributed by atoms with Gasteiger partial charge in [-0.25, -0.2) is 0 Å². The van der Waals surface area contributed by atoms with E-state index in [1.165, 1.54) is 13.2 Å². The second-order valence-electron chi connectivity index (χ2n) is 2.92. The van der Waals surface area contributed by atoms with Crippen LogP contribution in [0.15, 0.2) is 16.6 Å². The molecular formula is C9H7BrClNO4. The highest BCUT2D eigenvalue weighted by Gasteiger charge is 2.18. The minimum absolute atomic E-state index is 0.0126. The number of esters is 1. The Kier molecular flexibility index (Phi) is 4.26. The van der Waals surface area contributed by atoms with E-state index in [2.05, 4.69) is 20.7 Å². The van der Waals surface area contributed by atoms with Gasteiger partial charge in [-0.2, -0.15) is 0 Å². The van der Waals surface area contributed by atoms with Crippen LogP contribution in [0.4, 0.5) is 5.69 Å². The maximum absolute atomic E-state index is 11.0. The number of nitrogens with zero attached hydrogens (tertiary/aromatic N) is 1. The monoisotopic (exact) mass is 307 g/mol. The van der Waals surface area contributed by atoms with E-state index in [1.54, 1.807) is 6.07 Å². The van der Waals surface area contributed by atoms with Crippen LogP contribution >= 0.6 is 27.5 Å². The summed E-state index contributed by atoms with van der Waals surface area (Å²) in [5.74, 6) is -0.469. The first-order valence-electron chi connectivity index (χ1n) is 4.15. The van der Waals surface area contributed by atoms with Crippen molar-refractivity contribution in [3.63, 3.8) is 0 Å². The number of carbonyl (C=O) groups excluding carboxylic acids is 1. The van der Waals surface area contributed by atoms with Crippen LogP contribution in [0.5, 0.6) is 0 Å². The molecular weight excluding hydrogens is 301 g/mol. The fourth-order valence-corrected chi connectivity index (χ4v) is 1.78. The first-order chi connectivity index (χ1) is 7.45. The molecule has 0 aliphatic rings. The molecule has 7 heteroatoms. The summed E-state index contributed by atoms with van der Waals surface area (Å²) in [7, 11) is 1.25. The summed E-state index contributed by atoms with van der Waals surface area (Å²) < 4.78 is 4.84. The molecule has 1 aromatic rings. The molecule has 0 atom stereocenters. The number of halogens is 2. The smallest absolute Gasteiger partial charge is 0.309 e. The molecule has 16 heavy (non-hydrogen) atoms. The molecule has 0 amide bonds. The number of methoxy groups -OCH3 is 1. The quantitative estimate of drug-likeness (QED) is 0.489. The van der Waals surface area contributed by atoms with Crippen LogP contribution in [-0.2, 0) is 16.0 Å². The zero-order valence-corrected chi connectivity index (χ0v) is 10.5. The molecule has 86 valence electrons. The summed E-state index contributed by atoms with van der Waals surface area (Å²) in [6.45, 7) is 0. The number of nitro groups is 1. The number of nitro benzene ring substituents is 1. The molecule has 1 rings (SSSR count). The van der Waals surface area contributed by atoms with Crippen LogP contribution < -0.4 is 0 Å². The van der Waals surface area contributed by atoms with Crippen molar-refractivity contribution in [2.75, 3.05) is 7.11 Å². The highest BCUT2D eigenvalue weighted by Crippen LogP contribution is 2.33. The largest absolute Gasteiger partial charge is 0.469 e. The van der Waals surface area contributed by atoms with Crippen molar-refractivity contribution in [2.45, 2.75) is 6.42 Å². The highest BCUT2D eigenvalue weighted by atomic mass is 79.9. The Morgan fingerprint density at radius 1 is 1.62 bits per heavy atom. The van der Waals surface area contributed by atoms with Gasteiger partial charge >= 0.3 is 5.97 Å². The van der Waals surface area contributed by atoms with Crippen LogP contribution in [-0.4, -0.2) is 18.0 Å². The van der Waals surface area contributed by atoms with E-state index in [9.17, 15) is 14.9 Å². The lowest BCUT2D eigenvalue weighted by molar-refractivity contribution is -0.384. The van der Waals surface area contributed by atoms with Gasteiger partial charge in [0.2, 0.25) is 0 Å².